The molecule has 0 amide bonds. The Labute approximate surface area is 120 Å². The first kappa shape index (κ1) is 18.2. The van der Waals surface area contributed by atoms with E-state index in [-0.39, 0.29) is 0 Å². The van der Waals surface area contributed by atoms with Crippen LogP contribution in [0.1, 0.15) is 40.0 Å². The lowest BCUT2D eigenvalue weighted by molar-refractivity contribution is -0.153. The highest BCUT2D eigenvalue weighted by Gasteiger charge is 2.44. The number of hydrogen-bond donors (Lipinski definition) is 2. The number of rotatable bonds is 9. The molecule has 0 fully saturated rings. The number of carboxylic acid groups (broad SMARTS) is 2. The Kier molecular flexibility index (Phi) is 8.29. The van der Waals surface area contributed by atoms with Gasteiger partial charge in [0.15, 0.2) is 0 Å². The van der Waals surface area contributed by atoms with Gasteiger partial charge in [-0.1, -0.05) is 57.2 Å². The van der Waals surface area contributed by atoms with E-state index in [0.29, 0.717) is 19.3 Å². The van der Waals surface area contributed by atoms with Gasteiger partial charge in [0.1, 0.15) is 5.41 Å². The number of carbonyl (C=O) groups is 2. The molecule has 1 unspecified atom stereocenters. The van der Waals surface area contributed by atoms with Crippen molar-refractivity contribution in [3.63, 3.8) is 0 Å². The van der Waals surface area contributed by atoms with E-state index in [1.165, 1.54) is 18.2 Å². The number of aliphatic carboxylic acids is 2. The van der Waals surface area contributed by atoms with Gasteiger partial charge in [-0.25, -0.2) is 0 Å². The number of carboxylic acids is 2. The molecule has 112 valence electrons. The predicted octanol–water partition coefficient (Wildman–Crippen LogP) is 3.66. The van der Waals surface area contributed by atoms with E-state index in [9.17, 15) is 19.8 Å². The first-order valence-corrected chi connectivity index (χ1v) is 6.94. The molecule has 4 heteroatoms. The van der Waals surface area contributed by atoms with E-state index in [0.717, 1.165) is 0 Å². The summed E-state index contributed by atoms with van der Waals surface area (Å²) in [7, 11) is 0. The van der Waals surface area contributed by atoms with E-state index in [1.807, 2.05) is 20.8 Å². The van der Waals surface area contributed by atoms with Gasteiger partial charge in [-0.05, 0) is 19.3 Å². The van der Waals surface area contributed by atoms with Crippen LogP contribution < -0.4 is 0 Å². The third-order valence-electron chi connectivity index (χ3n) is 2.97. The SMILES string of the molecule is CCC=CC(C(=O)O)C(C=CCC)(C=CCC)C(=O)O. The molecule has 0 aliphatic rings. The molecule has 0 aromatic rings. The van der Waals surface area contributed by atoms with Gasteiger partial charge >= 0.3 is 11.9 Å². The second-order valence-corrected chi connectivity index (χ2v) is 4.51. The Hall–Kier alpha value is -1.84. The van der Waals surface area contributed by atoms with Crippen molar-refractivity contribution in [1.82, 2.24) is 0 Å². The van der Waals surface area contributed by atoms with Crippen molar-refractivity contribution in [3.8, 4) is 0 Å². The highest BCUT2D eigenvalue weighted by molar-refractivity contribution is 5.88. The van der Waals surface area contributed by atoms with Gasteiger partial charge in [0.25, 0.3) is 0 Å². The maximum Gasteiger partial charge on any atom is 0.318 e. The molecule has 4 nitrogen and oxygen atoms in total. The summed E-state index contributed by atoms with van der Waals surface area (Å²) in [5.41, 5.74) is -1.54. The van der Waals surface area contributed by atoms with E-state index in [4.69, 9.17) is 0 Å². The van der Waals surface area contributed by atoms with Crippen molar-refractivity contribution in [2.24, 2.45) is 11.3 Å². The fourth-order valence-electron chi connectivity index (χ4n) is 1.88. The van der Waals surface area contributed by atoms with Gasteiger partial charge in [0.05, 0.1) is 5.92 Å². The summed E-state index contributed by atoms with van der Waals surface area (Å²) in [4.78, 5) is 23.2. The lowest BCUT2D eigenvalue weighted by Gasteiger charge is -2.27. The fourth-order valence-corrected chi connectivity index (χ4v) is 1.88. The van der Waals surface area contributed by atoms with Gasteiger partial charge in [-0.15, -0.1) is 0 Å². The minimum Gasteiger partial charge on any atom is -0.481 e. The molecule has 0 saturated carbocycles. The molecule has 0 bridgehead atoms. The zero-order valence-corrected chi connectivity index (χ0v) is 12.4. The third-order valence-corrected chi connectivity index (χ3v) is 2.97. The average molecular weight is 280 g/mol. The van der Waals surface area contributed by atoms with Crippen molar-refractivity contribution in [2.45, 2.75) is 40.0 Å². The van der Waals surface area contributed by atoms with Crippen molar-refractivity contribution >= 4 is 11.9 Å². The maximum atomic E-state index is 11.7. The monoisotopic (exact) mass is 280 g/mol. The van der Waals surface area contributed by atoms with Crippen molar-refractivity contribution in [3.05, 3.63) is 36.5 Å². The maximum absolute atomic E-state index is 11.7. The van der Waals surface area contributed by atoms with Crippen LogP contribution in [0.5, 0.6) is 0 Å². The highest BCUT2D eigenvalue weighted by atomic mass is 16.4. The summed E-state index contributed by atoms with van der Waals surface area (Å²) in [5, 5.41) is 19.0. The summed E-state index contributed by atoms with van der Waals surface area (Å²) < 4.78 is 0. The van der Waals surface area contributed by atoms with Crippen LogP contribution in [0.25, 0.3) is 0 Å². The Bertz CT molecular complexity index is 391. The van der Waals surface area contributed by atoms with E-state index in [2.05, 4.69) is 0 Å². The molecule has 0 aliphatic carbocycles. The molecule has 0 aliphatic heterocycles. The second kappa shape index (κ2) is 9.13. The molecule has 0 spiro atoms. The molecule has 0 aromatic carbocycles. The van der Waals surface area contributed by atoms with E-state index >= 15 is 0 Å². The van der Waals surface area contributed by atoms with Crippen molar-refractivity contribution < 1.29 is 19.8 Å². The first-order chi connectivity index (χ1) is 9.46. The zero-order chi connectivity index (χ0) is 15.6. The number of allylic oxidation sites excluding steroid dienone is 3. The molecule has 20 heavy (non-hydrogen) atoms. The molecular formula is C16H24O4. The standard InChI is InChI=1S/C16H24O4/c1-4-7-10-13(14(17)18)16(15(19)20,11-8-5-2)12-9-6-3/h7-13H,4-6H2,1-3H3,(H,17,18)(H,19,20). The molecule has 2 N–H and O–H groups in total. The Morgan fingerprint density at radius 3 is 1.70 bits per heavy atom. The van der Waals surface area contributed by atoms with Crippen LogP contribution in [0.15, 0.2) is 36.5 Å². The summed E-state index contributed by atoms with van der Waals surface area (Å²) in [5.74, 6) is -3.41. The van der Waals surface area contributed by atoms with Crippen LogP contribution >= 0.6 is 0 Å². The van der Waals surface area contributed by atoms with Crippen LogP contribution in [-0.2, 0) is 9.59 Å². The van der Waals surface area contributed by atoms with Crippen molar-refractivity contribution in [1.29, 1.82) is 0 Å². The predicted molar refractivity (Wildman–Crippen MR) is 79.5 cm³/mol. The third kappa shape index (κ3) is 4.68. The molecule has 0 heterocycles. The van der Waals surface area contributed by atoms with Crippen LogP contribution in [0, 0.1) is 11.3 Å². The van der Waals surface area contributed by atoms with Gasteiger partial charge in [0.2, 0.25) is 0 Å². The molecule has 0 radical (unpaired) electrons. The van der Waals surface area contributed by atoms with Crippen molar-refractivity contribution in [2.75, 3.05) is 0 Å². The zero-order valence-electron chi connectivity index (χ0n) is 12.4. The van der Waals surface area contributed by atoms with Gasteiger partial charge in [-0.3, -0.25) is 9.59 Å². The van der Waals surface area contributed by atoms with Crippen LogP contribution in [0.2, 0.25) is 0 Å². The Morgan fingerprint density at radius 2 is 1.40 bits per heavy atom. The lowest BCUT2D eigenvalue weighted by Crippen LogP contribution is -2.38. The lowest BCUT2D eigenvalue weighted by atomic mass is 9.74. The summed E-state index contributed by atoms with van der Waals surface area (Å²) >= 11 is 0. The first-order valence-electron chi connectivity index (χ1n) is 6.94. The normalized spacial score (nSPS) is 16.8. The molecule has 1 atom stereocenters. The molecule has 0 aromatic heterocycles. The van der Waals surface area contributed by atoms with Gasteiger partial charge < -0.3 is 10.2 Å². The van der Waals surface area contributed by atoms with Crippen LogP contribution in [0.4, 0.5) is 0 Å². The highest BCUT2D eigenvalue weighted by Crippen LogP contribution is 2.34. The minimum atomic E-state index is -1.54. The molecular weight excluding hydrogens is 256 g/mol. The topological polar surface area (TPSA) is 74.6 Å². The summed E-state index contributed by atoms with van der Waals surface area (Å²) in [6.07, 6.45) is 11.5. The van der Waals surface area contributed by atoms with E-state index < -0.39 is 23.3 Å². The quantitative estimate of drug-likeness (QED) is 0.632. The smallest absolute Gasteiger partial charge is 0.318 e. The second-order valence-electron chi connectivity index (χ2n) is 4.51. The summed E-state index contributed by atoms with van der Waals surface area (Å²) in [6.45, 7) is 5.64. The molecule has 0 saturated heterocycles. The van der Waals surface area contributed by atoms with E-state index in [1.54, 1.807) is 18.2 Å². The van der Waals surface area contributed by atoms with Gasteiger partial charge in [0, 0.05) is 0 Å². The van der Waals surface area contributed by atoms with Crippen LogP contribution in [-0.4, -0.2) is 22.2 Å². The summed E-state index contributed by atoms with van der Waals surface area (Å²) in [6, 6.07) is 0. The number of hydrogen-bond acceptors (Lipinski definition) is 2. The van der Waals surface area contributed by atoms with Crippen LogP contribution in [0.3, 0.4) is 0 Å². The minimum absolute atomic E-state index is 0.652. The largest absolute Gasteiger partial charge is 0.481 e. The fraction of sp³-hybridized carbons (Fsp3) is 0.500. The molecule has 0 rings (SSSR count). The Morgan fingerprint density at radius 1 is 0.950 bits per heavy atom. The van der Waals surface area contributed by atoms with Gasteiger partial charge in [-0.2, -0.15) is 0 Å². The Balaban J connectivity index is 5.93. The average Bonchev–Trinajstić information content (AvgIpc) is 2.40.